The number of nitrogens with zero attached hydrogens (tertiary/aromatic N) is 1. The number of hydrogen-bond acceptors (Lipinski definition) is 5. The van der Waals surface area contributed by atoms with Crippen molar-refractivity contribution < 1.29 is 17.9 Å². The largest absolute Gasteiger partial charge is 0.497 e. The first-order valence-electron chi connectivity index (χ1n) is 8.54. The summed E-state index contributed by atoms with van der Waals surface area (Å²) < 4.78 is 33.8. The molecule has 26 heavy (non-hydrogen) atoms. The highest BCUT2D eigenvalue weighted by atomic mass is 127. The summed E-state index contributed by atoms with van der Waals surface area (Å²) >= 11 is 0. The Balaban J connectivity index is 0.00000338. The number of rotatable bonds is 8. The highest BCUT2D eigenvalue weighted by molar-refractivity contribution is 14.0. The molecule has 0 amide bonds. The Bertz CT molecular complexity index is 665. The second kappa shape index (κ2) is 11.5. The second-order valence-electron chi connectivity index (χ2n) is 5.88. The quantitative estimate of drug-likeness (QED) is 0.247. The van der Waals surface area contributed by atoms with E-state index in [0.29, 0.717) is 25.5 Å². The number of halogens is 1. The predicted octanol–water partition coefficient (Wildman–Crippen LogP) is 1.82. The van der Waals surface area contributed by atoms with E-state index in [9.17, 15) is 8.42 Å². The van der Waals surface area contributed by atoms with Crippen molar-refractivity contribution in [2.45, 2.75) is 25.8 Å². The molecule has 1 saturated heterocycles. The Morgan fingerprint density at radius 1 is 1.27 bits per heavy atom. The smallest absolute Gasteiger partial charge is 0.191 e. The molecule has 0 radical (unpaired) electrons. The Labute approximate surface area is 172 Å². The summed E-state index contributed by atoms with van der Waals surface area (Å²) in [6.07, 6.45) is 1.40. The minimum absolute atomic E-state index is 0. The van der Waals surface area contributed by atoms with E-state index in [1.54, 1.807) is 7.11 Å². The Morgan fingerprint density at radius 3 is 2.54 bits per heavy atom. The summed E-state index contributed by atoms with van der Waals surface area (Å²) in [6, 6.07) is 7.40. The summed E-state index contributed by atoms with van der Waals surface area (Å²) in [6.45, 7) is 3.88. The van der Waals surface area contributed by atoms with E-state index in [4.69, 9.17) is 9.47 Å². The molecular weight excluding hydrogens is 469 g/mol. The molecule has 1 aliphatic heterocycles. The predicted molar refractivity (Wildman–Crippen MR) is 115 cm³/mol. The number of hydrogen-bond donors (Lipinski definition) is 2. The average Bonchev–Trinajstić information content (AvgIpc) is 2.94. The van der Waals surface area contributed by atoms with Crippen molar-refractivity contribution in [1.82, 2.24) is 10.6 Å². The van der Waals surface area contributed by atoms with Gasteiger partial charge in [0.2, 0.25) is 0 Å². The Hall–Kier alpha value is -1.23. The SMILES string of the molecule is CCNC(=NCCCOc1ccc(OC)cc1)NC1CCS(=O)(=O)C1.I. The third kappa shape index (κ3) is 7.98. The van der Waals surface area contributed by atoms with Crippen LogP contribution in [0.2, 0.25) is 0 Å². The maximum absolute atomic E-state index is 11.5. The first kappa shape index (κ1) is 22.8. The van der Waals surface area contributed by atoms with E-state index in [2.05, 4.69) is 15.6 Å². The van der Waals surface area contributed by atoms with Crippen LogP contribution >= 0.6 is 24.0 Å². The average molecular weight is 497 g/mol. The van der Waals surface area contributed by atoms with E-state index in [-0.39, 0.29) is 41.5 Å². The van der Waals surface area contributed by atoms with Gasteiger partial charge in [-0.2, -0.15) is 0 Å². The van der Waals surface area contributed by atoms with E-state index in [0.717, 1.165) is 24.5 Å². The lowest BCUT2D eigenvalue weighted by atomic mass is 10.3. The molecule has 0 aromatic heterocycles. The van der Waals surface area contributed by atoms with Gasteiger partial charge in [0.15, 0.2) is 15.8 Å². The summed E-state index contributed by atoms with van der Waals surface area (Å²) in [7, 11) is -1.27. The third-order valence-electron chi connectivity index (χ3n) is 3.82. The van der Waals surface area contributed by atoms with Crippen molar-refractivity contribution in [3.63, 3.8) is 0 Å². The lowest BCUT2D eigenvalue weighted by Gasteiger charge is -2.15. The molecule has 7 nitrogen and oxygen atoms in total. The number of aliphatic imine (C=N–C) groups is 1. The molecule has 2 N–H and O–H groups in total. The minimum atomic E-state index is -2.90. The Kier molecular flexibility index (Phi) is 10.1. The highest BCUT2D eigenvalue weighted by Gasteiger charge is 2.28. The van der Waals surface area contributed by atoms with Gasteiger partial charge in [0.05, 0.1) is 25.2 Å². The van der Waals surface area contributed by atoms with Crippen LogP contribution in [0.15, 0.2) is 29.3 Å². The van der Waals surface area contributed by atoms with Gasteiger partial charge in [-0.05, 0) is 37.6 Å². The van der Waals surface area contributed by atoms with E-state index >= 15 is 0 Å². The van der Waals surface area contributed by atoms with Crippen LogP contribution in [0.1, 0.15) is 19.8 Å². The Morgan fingerprint density at radius 2 is 1.96 bits per heavy atom. The zero-order valence-corrected chi connectivity index (χ0v) is 18.4. The van der Waals surface area contributed by atoms with Gasteiger partial charge in [-0.3, -0.25) is 4.99 Å². The lowest BCUT2D eigenvalue weighted by Crippen LogP contribution is -2.44. The van der Waals surface area contributed by atoms with Gasteiger partial charge >= 0.3 is 0 Å². The van der Waals surface area contributed by atoms with Crippen molar-refractivity contribution in [2.75, 3.05) is 38.3 Å². The molecule has 1 aromatic carbocycles. The first-order chi connectivity index (χ1) is 12.0. The van der Waals surface area contributed by atoms with Gasteiger partial charge in [-0.1, -0.05) is 0 Å². The zero-order valence-electron chi connectivity index (χ0n) is 15.2. The molecule has 1 atom stereocenters. The molecule has 1 aliphatic rings. The maximum atomic E-state index is 11.5. The molecule has 1 unspecified atom stereocenters. The fourth-order valence-corrected chi connectivity index (χ4v) is 4.21. The number of methoxy groups -OCH3 is 1. The zero-order chi connectivity index (χ0) is 18.1. The molecule has 1 aromatic rings. The lowest BCUT2D eigenvalue weighted by molar-refractivity contribution is 0.312. The molecule has 148 valence electrons. The molecule has 0 bridgehead atoms. The van der Waals surface area contributed by atoms with Gasteiger partial charge in [0, 0.05) is 25.6 Å². The van der Waals surface area contributed by atoms with Crippen LogP contribution in [0.3, 0.4) is 0 Å². The number of benzene rings is 1. The van der Waals surface area contributed by atoms with Crippen LogP contribution in [-0.4, -0.2) is 58.7 Å². The van der Waals surface area contributed by atoms with Crippen molar-refractivity contribution in [1.29, 1.82) is 0 Å². The standard InChI is InChI=1S/C17H27N3O4S.HI/c1-3-18-17(20-14-9-12-25(21,22)13-14)19-10-4-11-24-16-7-5-15(23-2)6-8-16;/h5-8,14H,3-4,9-13H2,1-2H3,(H2,18,19,20);1H. The number of sulfone groups is 1. The monoisotopic (exact) mass is 497 g/mol. The van der Waals surface area contributed by atoms with Gasteiger partial charge in [0.25, 0.3) is 0 Å². The van der Waals surface area contributed by atoms with Crippen LogP contribution in [-0.2, 0) is 9.84 Å². The minimum Gasteiger partial charge on any atom is -0.497 e. The van der Waals surface area contributed by atoms with Crippen molar-refractivity contribution in [3.8, 4) is 11.5 Å². The summed E-state index contributed by atoms with van der Waals surface area (Å²) in [5, 5.41) is 6.35. The molecule has 1 fully saturated rings. The molecule has 0 aliphatic carbocycles. The van der Waals surface area contributed by atoms with Crippen molar-refractivity contribution in [2.24, 2.45) is 4.99 Å². The normalized spacial score (nSPS) is 18.7. The van der Waals surface area contributed by atoms with Crippen molar-refractivity contribution >= 4 is 39.8 Å². The third-order valence-corrected chi connectivity index (χ3v) is 5.59. The number of ether oxygens (including phenoxy) is 2. The maximum Gasteiger partial charge on any atom is 0.191 e. The van der Waals surface area contributed by atoms with Gasteiger partial charge in [-0.15, -0.1) is 24.0 Å². The van der Waals surface area contributed by atoms with Crippen LogP contribution < -0.4 is 20.1 Å². The second-order valence-corrected chi connectivity index (χ2v) is 8.11. The van der Waals surface area contributed by atoms with Crippen LogP contribution in [0, 0.1) is 0 Å². The molecule has 0 spiro atoms. The van der Waals surface area contributed by atoms with Crippen LogP contribution in [0.25, 0.3) is 0 Å². The van der Waals surface area contributed by atoms with Crippen LogP contribution in [0.5, 0.6) is 11.5 Å². The molecule has 1 heterocycles. The number of guanidine groups is 1. The molecule has 9 heteroatoms. The fourth-order valence-electron chi connectivity index (χ4n) is 2.54. The van der Waals surface area contributed by atoms with Crippen molar-refractivity contribution in [3.05, 3.63) is 24.3 Å². The van der Waals surface area contributed by atoms with Gasteiger partial charge in [-0.25, -0.2) is 8.42 Å². The van der Waals surface area contributed by atoms with Gasteiger partial charge < -0.3 is 20.1 Å². The summed E-state index contributed by atoms with van der Waals surface area (Å²) in [5.41, 5.74) is 0. The summed E-state index contributed by atoms with van der Waals surface area (Å²) in [4.78, 5) is 4.48. The molecular formula is C17H28IN3O4S. The molecule has 0 saturated carbocycles. The number of nitrogens with one attached hydrogen (secondary N) is 2. The van der Waals surface area contributed by atoms with Gasteiger partial charge in [0.1, 0.15) is 11.5 Å². The van der Waals surface area contributed by atoms with E-state index < -0.39 is 9.84 Å². The van der Waals surface area contributed by atoms with E-state index in [1.165, 1.54) is 0 Å². The fraction of sp³-hybridized carbons (Fsp3) is 0.588. The summed E-state index contributed by atoms with van der Waals surface area (Å²) in [5.74, 6) is 2.69. The highest BCUT2D eigenvalue weighted by Crippen LogP contribution is 2.17. The topological polar surface area (TPSA) is 89.0 Å². The first-order valence-corrected chi connectivity index (χ1v) is 10.4. The molecule has 2 rings (SSSR count). The van der Waals surface area contributed by atoms with Crippen LogP contribution in [0.4, 0.5) is 0 Å². The van der Waals surface area contributed by atoms with E-state index in [1.807, 2.05) is 31.2 Å².